The maximum Gasteiger partial charge on any atom is 0.294 e. The van der Waals surface area contributed by atoms with E-state index in [1.165, 1.54) is 16.3 Å². The summed E-state index contributed by atoms with van der Waals surface area (Å²) in [6.07, 6.45) is 3.97. The molecule has 1 atom stereocenters. The van der Waals surface area contributed by atoms with Gasteiger partial charge in [0.15, 0.2) is 5.82 Å². The summed E-state index contributed by atoms with van der Waals surface area (Å²) in [5.74, 6) is 0.302. The predicted octanol–water partition coefficient (Wildman–Crippen LogP) is 3.30. The average Bonchev–Trinajstić information content (AvgIpc) is 2.73. The fraction of sp³-hybridized carbons (Fsp3) is 0.286. The van der Waals surface area contributed by atoms with E-state index in [-0.39, 0.29) is 11.6 Å². The van der Waals surface area contributed by atoms with Crippen molar-refractivity contribution in [3.05, 3.63) is 87.7 Å². The highest BCUT2D eigenvalue weighted by Gasteiger charge is 2.10. The first kappa shape index (κ1) is 20.0. The highest BCUT2D eigenvalue weighted by molar-refractivity contribution is 6.29. The molecule has 0 bridgehead atoms. The number of pyridine rings is 1. The van der Waals surface area contributed by atoms with Crippen LogP contribution in [0.5, 0.6) is 0 Å². The van der Waals surface area contributed by atoms with Gasteiger partial charge in [0.05, 0.1) is 6.20 Å². The Bertz CT molecular complexity index is 931. The first-order valence-corrected chi connectivity index (χ1v) is 9.70. The standard InChI is InChI=1S/C21H24ClN5O/c1-16(17-7-3-2-4-8-17)23-13-14-27-19(22)15-26-20(21(27)28)25-12-10-18-9-5-6-11-24-18/h2-9,11,15-16,23H,10,12-14H2,1H3,(H,25,26). The molecule has 6 nitrogen and oxygen atoms in total. The molecule has 1 aromatic carbocycles. The Balaban J connectivity index is 1.57. The molecular weight excluding hydrogens is 374 g/mol. The number of halogens is 1. The monoisotopic (exact) mass is 397 g/mol. The lowest BCUT2D eigenvalue weighted by Crippen LogP contribution is -2.31. The quantitative estimate of drug-likeness (QED) is 0.579. The second kappa shape index (κ2) is 10.0. The molecule has 3 rings (SSSR count). The number of nitrogens with one attached hydrogen (secondary N) is 2. The average molecular weight is 398 g/mol. The zero-order chi connectivity index (χ0) is 19.8. The highest BCUT2D eigenvalue weighted by atomic mass is 35.5. The van der Waals surface area contributed by atoms with Crippen molar-refractivity contribution in [3.8, 4) is 0 Å². The molecule has 3 aromatic rings. The van der Waals surface area contributed by atoms with Crippen LogP contribution in [0.2, 0.25) is 5.15 Å². The van der Waals surface area contributed by atoms with Gasteiger partial charge in [-0.05, 0) is 24.6 Å². The molecule has 0 aliphatic heterocycles. The van der Waals surface area contributed by atoms with E-state index in [9.17, 15) is 4.79 Å². The number of benzene rings is 1. The van der Waals surface area contributed by atoms with Gasteiger partial charge in [-0.15, -0.1) is 0 Å². The first-order chi connectivity index (χ1) is 13.6. The Hall–Kier alpha value is -2.70. The van der Waals surface area contributed by atoms with Gasteiger partial charge in [0, 0.05) is 44.0 Å². The molecule has 28 heavy (non-hydrogen) atoms. The summed E-state index contributed by atoms with van der Waals surface area (Å²) >= 11 is 6.20. The van der Waals surface area contributed by atoms with Gasteiger partial charge in [-0.25, -0.2) is 4.98 Å². The lowest BCUT2D eigenvalue weighted by molar-refractivity contribution is 0.524. The molecule has 0 fully saturated rings. The number of anilines is 1. The number of aromatic nitrogens is 3. The third kappa shape index (κ3) is 5.41. The summed E-state index contributed by atoms with van der Waals surface area (Å²) in [6.45, 7) is 3.75. The zero-order valence-electron chi connectivity index (χ0n) is 15.8. The summed E-state index contributed by atoms with van der Waals surface area (Å²) in [5, 5.41) is 6.84. The van der Waals surface area contributed by atoms with Crippen molar-refractivity contribution < 1.29 is 0 Å². The van der Waals surface area contributed by atoms with Crippen molar-refractivity contribution in [2.24, 2.45) is 0 Å². The van der Waals surface area contributed by atoms with Crippen LogP contribution in [-0.2, 0) is 13.0 Å². The van der Waals surface area contributed by atoms with Gasteiger partial charge in [0.25, 0.3) is 5.56 Å². The van der Waals surface area contributed by atoms with E-state index in [1.54, 1.807) is 6.20 Å². The molecule has 0 spiro atoms. The molecule has 146 valence electrons. The SMILES string of the molecule is CC(NCCn1c(Cl)cnc(NCCc2ccccn2)c1=O)c1ccccc1. The van der Waals surface area contributed by atoms with E-state index in [4.69, 9.17) is 11.6 Å². The summed E-state index contributed by atoms with van der Waals surface area (Å²) in [6, 6.07) is 16.1. The Morgan fingerprint density at radius 1 is 1.07 bits per heavy atom. The Morgan fingerprint density at radius 3 is 2.61 bits per heavy atom. The van der Waals surface area contributed by atoms with E-state index < -0.39 is 0 Å². The third-order valence-corrected chi connectivity index (χ3v) is 4.79. The van der Waals surface area contributed by atoms with Crippen LogP contribution < -0.4 is 16.2 Å². The predicted molar refractivity (Wildman–Crippen MR) is 113 cm³/mol. The molecule has 1 unspecified atom stereocenters. The Morgan fingerprint density at radius 2 is 1.86 bits per heavy atom. The molecule has 0 aliphatic carbocycles. The molecule has 7 heteroatoms. The Kier molecular flexibility index (Phi) is 7.17. The van der Waals surface area contributed by atoms with E-state index in [0.29, 0.717) is 37.0 Å². The van der Waals surface area contributed by atoms with Crippen LogP contribution in [0.4, 0.5) is 5.82 Å². The molecular formula is C21H24ClN5O. The van der Waals surface area contributed by atoms with Crippen LogP contribution in [0, 0.1) is 0 Å². The summed E-state index contributed by atoms with van der Waals surface area (Å²) < 4.78 is 1.53. The molecule has 0 saturated heterocycles. The summed E-state index contributed by atoms with van der Waals surface area (Å²) in [4.78, 5) is 21.1. The van der Waals surface area contributed by atoms with Crippen molar-refractivity contribution in [3.63, 3.8) is 0 Å². The maximum atomic E-state index is 12.7. The molecule has 2 heterocycles. The molecule has 0 amide bonds. The molecule has 0 aliphatic rings. The van der Waals surface area contributed by atoms with Gasteiger partial charge >= 0.3 is 0 Å². The normalized spacial score (nSPS) is 11.9. The fourth-order valence-electron chi connectivity index (χ4n) is 2.90. The lowest BCUT2D eigenvalue weighted by atomic mass is 10.1. The fourth-order valence-corrected chi connectivity index (χ4v) is 3.11. The van der Waals surface area contributed by atoms with Gasteiger partial charge in [0.2, 0.25) is 0 Å². The highest BCUT2D eigenvalue weighted by Crippen LogP contribution is 2.11. The van der Waals surface area contributed by atoms with E-state index >= 15 is 0 Å². The summed E-state index contributed by atoms with van der Waals surface area (Å²) in [5.41, 5.74) is 1.94. The minimum Gasteiger partial charge on any atom is -0.365 e. The van der Waals surface area contributed by atoms with Gasteiger partial charge in [-0.3, -0.25) is 14.3 Å². The second-order valence-electron chi connectivity index (χ2n) is 6.47. The van der Waals surface area contributed by atoms with Gasteiger partial charge in [-0.2, -0.15) is 0 Å². The topological polar surface area (TPSA) is 71.8 Å². The van der Waals surface area contributed by atoms with Gasteiger partial charge in [0.1, 0.15) is 5.15 Å². The van der Waals surface area contributed by atoms with E-state index in [0.717, 1.165) is 5.69 Å². The second-order valence-corrected chi connectivity index (χ2v) is 6.86. The molecule has 0 radical (unpaired) electrons. The van der Waals surface area contributed by atoms with Crippen molar-refractivity contribution in [2.45, 2.75) is 25.9 Å². The number of nitrogens with zero attached hydrogens (tertiary/aromatic N) is 3. The largest absolute Gasteiger partial charge is 0.365 e. The van der Waals surface area contributed by atoms with Crippen LogP contribution in [0.25, 0.3) is 0 Å². The smallest absolute Gasteiger partial charge is 0.294 e. The third-order valence-electron chi connectivity index (χ3n) is 4.49. The van der Waals surface area contributed by atoms with Crippen molar-refractivity contribution in [1.29, 1.82) is 0 Å². The lowest BCUT2D eigenvalue weighted by Gasteiger charge is -2.16. The minimum atomic E-state index is -0.220. The van der Waals surface area contributed by atoms with Crippen molar-refractivity contribution in [2.75, 3.05) is 18.4 Å². The number of rotatable bonds is 9. The zero-order valence-corrected chi connectivity index (χ0v) is 16.6. The maximum absolute atomic E-state index is 12.7. The number of hydrogen-bond acceptors (Lipinski definition) is 5. The Labute approximate surface area is 169 Å². The first-order valence-electron chi connectivity index (χ1n) is 9.32. The van der Waals surface area contributed by atoms with Crippen LogP contribution in [-0.4, -0.2) is 27.6 Å². The van der Waals surface area contributed by atoms with Crippen LogP contribution in [0.1, 0.15) is 24.2 Å². The number of hydrogen-bond donors (Lipinski definition) is 2. The van der Waals surface area contributed by atoms with Crippen LogP contribution in [0.3, 0.4) is 0 Å². The van der Waals surface area contributed by atoms with Crippen molar-refractivity contribution in [1.82, 2.24) is 19.9 Å². The minimum absolute atomic E-state index is 0.188. The van der Waals surface area contributed by atoms with Crippen LogP contribution in [0.15, 0.2) is 65.7 Å². The van der Waals surface area contributed by atoms with Crippen molar-refractivity contribution >= 4 is 17.4 Å². The summed E-state index contributed by atoms with van der Waals surface area (Å²) in [7, 11) is 0. The van der Waals surface area contributed by atoms with E-state index in [2.05, 4.69) is 39.7 Å². The van der Waals surface area contributed by atoms with E-state index in [1.807, 2.05) is 36.4 Å². The van der Waals surface area contributed by atoms with Crippen LogP contribution >= 0.6 is 11.6 Å². The molecule has 2 aromatic heterocycles. The molecule has 2 N–H and O–H groups in total. The van der Waals surface area contributed by atoms with Gasteiger partial charge in [-0.1, -0.05) is 48.0 Å². The van der Waals surface area contributed by atoms with Gasteiger partial charge < -0.3 is 10.6 Å². The molecule has 0 saturated carbocycles.